The van der Waals surface area contributed by atoms with Gasteiger partial charge in [-0.15, -0.1) is 0 Å². The molecule has 0 unspecified atom stereocenters. The molecule has 88 valence electrons. The van der Waals surface area contributed by atoms with E-state index < -0.39 is 0 Å². The fourth-order valence-electron chi connectivity index (χ4n) is 3.33. The predicted molar refractivity (Wildman–Crippen MR) is 91.9 cm³/mol. The van der Waals surface area contributed by atoms with Crippen molar-refractivity contribution in [2.75, 3.05) is 0 Å². The number of hydrogen-bond donors (Lipinski definition) is 0. The van der Waals surface area contributed by atoms with Crippen LogP contribution in [-0.2, 0) is 5.41 Å². The minimum absolute atomic E-state index is 0.235. The molecule has 0 aliphatic rings. The molecule has 0 nitrogen and oxygen atoms in total. The van der Waals surface area contributed by atoms with Crippen molar-refractivity contribution in [1.29, 1.82) is 0 Å². The minimum Gasteiger partial charge on any atom is -0.0921 e. The van der Waals surface area contributed by atoms with Crippen molar-refractivity contribution in [2.45, 2.75) is 46.0 Å². The van der Waals surface area contributed by atoms with Gasteiger partial charge in [-0.2, -0.15) is 0 Å². The van der Waals surface area contributed by atoms with E-state index in [1.54, 1.807) is 5.56 Å². The summed E-state index contributed by atoms with van der Waals surface area (Å²) in [6.07, 6.45) is 0. The van der Waals surface area contributed by atoms with E-state index in [1.807, 2.05) is 0 Å². The first kappa shape index (κ1) is 14.5. The molecule has 1 aromatic rings. The molecule has 0 saturated carbocycles. The number of rotatable bonds is 1. The Bertz CT molecular complexity index is 413. The van der Waals surface area contributed by atoms with E-state index in [-0.39, 0.29) is 5.41 Å². The summed E-state index contributed by atoms with van der Waals surface area (Å²) in [5, 5.41) is 0. The van der Waals surface area contributed by atoms with Crippen molar-refractivity contribution in [3.05, 3.63) is 11.1 Å². The SMILES string of the molecule is Bc1c(B)c(C(C)(C)C)c(B)c(B)c1C(C)C. The van der Waals surface area contributed by atoms with Crippen LogP contribution in [0.1, 0.15) is 51.7 Å². The summed E-state index contributed by atoms with van der Waals surface area (Å²) >= 11 is 0. The van der Waals surface area contributed by atoms with E-state index in [0.717, 1.165) is 0 Å². The van der Waals surface area contributed by atoms with Crippen LogP contribution < -0.4 is 21.9 Å². The maximum Gasteiger partial charge on any atom is 0.138 e. The van der Waals surface area contributed by atoms with Crippen LogP contribution in [0.15, 0.2) is 0 Å². The molecule has 0 bridgehead atoms. The van der Waals surface area contributed by atoms with Crippen LogP contribution in [0.5, 0.6) is 0 Å². The largest absolute Gasteiger partial charge is 0.138 e. The van der Waals surface area contributed by atoms with E-state index in [1.165, 1.54) is 27.4 Å². The first-order valence-corrected chi connectivity index (χ1v) is 6.69. The van der Waals surface area contributed by atoms with Gasteiger partial charge < -0.3 is 0 Å². The summed E-state index contributed by atoms with van der Waals surface area (Å²) < 4.78 is 0. The molecule has 1 aromatic carbocycles. The molecular formula is C13H24B4. The number of hydrogen-bond acceptors (Lipinski definition) is 0. The molecule has 0 spiro atoms. The van der Waals surface area contributed by atoms with Crippen molar-refractivity contribution >= 4 is 53.2 Å². The second-order valence-electron chi connectivity index (χ2n) is 6.69. The van der Waals surface area contributed by atoms with Gasteiger partial charge in [0.1, 0.15) is 31.4 Å². The zero-order valence-electron chi connectivity index (χ0n) is 13.1. The molecular weight excluding hydrogens is 199 g/mol. The van der Waals surface area contributed by atoms with Crippen LogP contribution in [0.25, 0.3) is 0 Å². The number of benzene rings is 1. The molecule has 0 N–H and O–H groups in total. The maximum absolute atomic E-state index is 2.32. The van der Waals surface area contributed by atoms with Crippen molar-refractivity contribution in [3.63, 3.8) is 0 Å². The lowest BCUT2D eigenvalue weighted by Crippen LogP contribution is -2.51. The zero-order valence-corrected chi connectivity index (χ0v) is 13.1. The molecule has 0 fully saturated rings. The Hall–Kier alpha value is -0.520. The van der Waals surface area contributed by atoms with E-state index in [0.29, 0.717) is 5.92 Å². The van der Waals surface area contributed by atoms with Crippen molar-refractivity contribution in [3.8, 4) is 0 Å². The Morgan fingerprint density at radius 1 is 0.765 bits per heavy atom. The van der Waals surface area contributed by atoms with Crippen molar-refractivity contribution < 1.29 is 0 Å². The fraction of sp³-hybridized carbons (Fsp3) is 0.538. The summed E-state index contributed by atoms with van der Waals surface area (Å²) in [4.78, 5) is 0. The fourth-order valence-corrected chi connectivity index (χ4v) is 3.33. The Morgan fingerprint density at radius 3 is 1.35 bits per heavy atom. The summed E-state index contributed by atoms with van der Waals surface area (Å²) in [6, 6.07) is 0. The molecule has 0 saturated heterocycles. The molecule has 0 heterocycles. The molecule has 0 atom stereocenters. The molecule has 0 aromatic heterocycles. The van der Waals surface area contributed by atoms with Gasteiger partial charge in [0.05, 0.1) is 0 Å². The standard InChI is InChI=1S/C13H24B4/c1-6(2)7-9(14)11(16)8(13(3,4)5)12(17)10(7)15/h6H,14-17H2,1-5H3. The highest BCUT2D eigenvalue weighted by molar-refractivity contribution is 6.58. The Balaban J connectivity index is 3.71. The topological polar surface area (TPSA) is 0 Å². The van der Waals surface area contributed by atoms with Gasteiger partial charge in [-0.1, -0.05) is 67.6 Å². The second kappa shape index (κ2) is 4.63. The predicted octanol–water partition coefficient (Wildman–Crippen LogP) is -2.86. The van der Waals surface area contributed by atoms with Gasteiger partial charge in [0.2, 0.25) is 0 Å². The molecule has 0 aliphatic carbocycles. The maximum atomic E-state index is 2.32. The highest BCUT2D eigenvalue weighted by atomic mass is 14.2. The van der Waals surface area contributed by atoms with Crippen molar-refractivity contribution in [2.24, 2.45) is 0 Å². The molecule has 0 radical (unpaired) electrons. The molecule has 1 rings (SSSR count). The lowest BCUT2D eigenvalue weighted by molar-refractivity contribution is 0.598. The lowest BCUT2D eigenvalue weighted by Gasteiger charge is -2.31. The van der Waals surface area contributed by atoms with Crippen LogP contribution in [0, 0.1) is 0 Å². The molecule has 4 heteroatoms. The van der Waals surface area contributed by atoms with E-state index in [4.69, 9.17) is 0 Å². The quantitative estimate of drug-likeness (QED) is 0.450. The zero-order chi connectivity index (χ0) is 13.5. The summed E-state index contributed by atoms with van der Waals surface area (Å²) in [6.45, 7) is 11.5. The third kappa shape index (κ3) is 2.51. The smallest absolute Gasteiger partial charge is 0.0921 e. The van der Waals surface area contributed by atoms with E-state index >= 15 is 0 Å². The third-order valence-electron chi connectivity index (χ3n) is 4.01. The van der Waals surface area contributed by atoms with Gasteiger partial charge in [-0.3, -0.25) is 0 Å². The summed E-state index contributed by atoms with van der Waals surface area (Å²) in [5.41, 5.74) is 9.29. The normalized spacial score (nSPS) is 12.1. The van der Waals surface area contributed by atoms with Crippen LogP contribution in [0.4, 0.5) is 0 Å². The lowest BCUT2D eigenvalue weighted by atomic mass is 9.59. The highest BCUT2D eigenvalue weighted by Gasteiger charge is 2.23. The first-order chi connectivity index (χ1) is 7.59. The molecule has 0 amide bonds. The minimum atomic E-state index is 0.235. The van der Waals surface area contributed by atoms with E-state index in [2.05, 4.69) is 66.0 Å². The van der Waals surface area contributed by atoms with E-state index in [9.17, 15) is 0 Å². The van der Waals surface area contributed by atoms with Crippen LogP contribution >= 0.6 is 0 Å². The highest BCUT2D eigenvalue weighted by Crippen LogP contribution is 2.18. The Labute approximate surface area is 111 Å². The van der Waals surface area contributed by atoms with Gasteiger partial charge in [-0.25, -0.2) is 0 Å². The third-order valence-corrected chi connectivity index (χ3v) is 4.01. The average molecular weight is 224 g/mol. The van der Waals surface area contributed by atoms with Crippen LogP contribution in [0.3, 0.4) is 0 Å². The summed E-state index contributed by atoms with van der Waals surface area (Å²) in [7, 11) is 9.14. The summed E-state index contributed by atoms with van der Waals surface area (Å²) in [5.74, 6) is 0.612. The van der Waals surface area contributed by atoms with Gasteiger partial charge >= 0.3 is 0 Å². The van der Waals surface area contributed by atoms with Crippen molar-refractivity contribution in [1.82, 2.24) is 0 Å². The monoisotopic (exact) mass is 224 g/mol. The van der Waals surface area contributed by atoms with Gasteiger partial charge in [0.25, 0.3) is 0 Å². The average Bonchev–Trinajstić information content (AvgIpc) is 2.12. The van der Waals surface area contributed by atoms with Gasteiger partial charge in [0.15, 0.2) is 0 Å². The van der Waals surface area contributed by atoms with Gasteiger partial charge in [0, 0.05) is 0 Å². The second-order valence-corrected chi connectivity index (χ2v) is 6.69. The molecule has 0 aliphatic heterocycles. The van der Waals surface area contributed by atoms with Gasteiger partial charge in [-0.05, 0) is 11.3 Å². The van der Waals surface area contributed by atoms with Crippen LogP contribution in [0.2, 0.25) is 0 Å². The first-order valence-electron chi connectivity index (χ1n) is 6.69. The van der Waals surface area contributed by atoms with Crippen LogP contribution in [-0.4, -0.2) is 31.4 Å². The Kier molecular flexibility index (Phi) is 3.96. The molecule has 17 heavy (non-hydrogen) atoms. The Morgan fingerprint density at radius 2 is 1.12 bits per heavy atom.